The molecule has 1 aromatic carbocycles. The summed E-state index contributed by atoms with van der Waals surface area (Å²) in [5.41, 5.74) is 0.565. The van der Waals surface area contributed by atoms with Gasteiger partial charge in [-0.1, -0.05) is 17.7 Å². The van der Waals surface area contributed by atoms with Gasteiger partial charge >= 0.3 is 0 Å². The highest BCUT2D eigenvalue weighted by Crippen LogP contribution is 2.24. The van der Waals surface area contributed by atoms with E-state index in [-0.39, 0.29) is 11.7 Å². The third-order valence-electron chi connectivity index (χ3n) is 4.80. The van der Waals surface area contributed by atoms with Gasteiger partial charge in [0.25, 0.3) is 0 Å². The number of nitrogens with one attached hydrogen (secondary N) is 1. The van der Waals surface area contributed by atoms with Gasteiger partial charge in [-0.05, 0) is 44.0 Å². The number of aromatic nitrogens is 3. The molecule has 3 rings (SSSR count). The van der Waals surface area contributed by atoms with Crippen molar-refractivity contribution in [2.24, 2.45) is 5.92 Å². The minimum Gasteiger partial charge on any atom is -0.356 e. The lowest BCUT2D eigenvalue weighted by Gasteiger charge is -2.32. The fraction of sp³-hybridized carbons (Fsp3) is 0.500. The number of nitrogens with zero attached hydrogens (tertiary/aromatic N) is 4. The molecule has 140 valence electrons. The normalized spacial score (nSPS) is 15.9. The van der Waals surface area contributed by atoms with Crippen LogP contribution in [-0.2, 0) is 17.9 Å². The summed E-state index contributed by atoms with van der Waals surface area (Å²) in [5.74, 6) is 0.250. The lowest BCUT2D eigenvalue weighted by atomic mass is 9.96. The van der Waals surface area contributed by atoms with Gasteiger partial charge in [-0.25, -0.2) is 4.39 Å². The molecule has 1 amide bonds. The second kappa shape index (κ2) is 9.09. The van der Waals surface area contributed by atoms with Crippen molar-refractivity contribution < 1.29 is 9.18 Å². The van der Waals surface area contributed by atoms with Gasteiger partial charge in [0, 0.05) is 36.6 Å². The molecular weight excluding hydrogens is 357 g/mol. The molecule has 26 heavy (non-hydrogen) atoms. The Bertz CT molecular complexity index is 696. The molecule has 0 unspecified atom stereocenters. The summed E-state index contributed by atoms with van der Waals surface area (Å²) in [7, 11) is 0. The van der Waals surface area contributed by atoms with Crippen LogP contribution in [0, 0.1) is 11.7 Å². The third-order valence-corrected chi connectivity index (χ3v) is 5.16. The molecule has 0 saturated carbocycles. The van der Waals surface area contributed by atoms with Gasteiger partial charge in [0.15, 0.2) is 0 Å². The van der Waals surface area contributed by atoms with E-state index in [0.29, 0.717) is 42.6 Å². The van der Waals surface area contributed by atoms with Crippen LogP contribution in [0.5, 0.6) is 0 Å². The summed E-state index contributed by atoms with van der Waals surface area (Å²) < 4.78 is 15.7. The Balaban J connectivity index is 1.36. The van der Waals surface area contributed by atoms with E-state index >= 15 is 0 Å². The summed E-state index contributed by atoms with van der Waals surface area (Å²) in [5, 5.41) is 10.9. The van der Waals surface area contributed by atoms with Crippen molar-refractivity contribution in [1.82, 2.24) is 25.0 Å². The Morgan fingerprint density at radius 2 is 2.00 bits per heavy atom. The Labute approximate surface area is 157 Å². The Kier molecular flexibility index (Phi) is 6.57. The van der Waals surface area contributed by atoms with E-state index in [2.05, 4.69) is 20.4 Å². The first kappa shape index (κ1) is 18.8. The van der Waals surface area contributed by atoms with Crippen molar-refractivity contribution in [1.29, 1.82) is 0 Å². The number of carbonyl (C=O) groups is 1. The maximum Gasteiger partial charge on any atom is 0.221 e. The molecule has 1 N–H and O–H groups in total. The maximum atomic E-state index is 13.9. The third kappa shape index (κ3) is 5.25. The summed E-state index contributed by atoms with van der Waals surface area (Å²) in [6.07, 6.45) is 5.59. The molecule has 1 aromatic heterocycles. The van der Waals surface area contributed by atoms with Crippen LogP contribution in [-0.4, -0.2) is 45.2 Å². The van der Waals surface area contributed by atoms with Crippen LogP contribution in [0.4, 0.5) is 4.39 Å². The van der Waals surface area contributed by atoms with Crippen LogP contribution in [0.15, 0.2) is 30.9 Å². The molecule has 0 aliphatic carbocycles. The monoisotopic (exact) mass is 379 g/mol. The summed E-state index contributed by atoms with van der Waals surface area (Å²) >= 11 is 6.10. The molecule has 0 spiro atoms. The first-order valence-corrected chi connectivity index (χ1v) is 9.24. The highest BCUT2D eigenvalue weighted by molar-refractivity contribution is 6.31. The van der Waals surface area contributed by atoms with Gasteiger partial charge in [0.1, 0.15) is 18.5 Å². The predicted octanol–water partition coefficient (Wildman–Crippen LogP) is 2.49. The Morgan fingerprint density at radius 3 is 2.69 bits per heavy atom. The highest BCUT2D eigenvalue weighted by Gasteiger charge is 2.21. The summed E-state index contributed by atoms with van der Waals surface area (Å²) in [6, 6.07) is 4.80. The van der Waals surface area contributed by atoms with Gasteiger partial charge in [-0.15, -0.1) is 10.2 Å². The second-order valence-electron chi connectivity index (χ2n) is 6.67. The molecule has 0 radical (unpaired) electrons. The van der Waals surface area contributed by atoms with Crippen molar-refractivity contribution in [2.75, 3.05) is 19.6 Å². The zero-order chi connectivity index (χ0) is 18.4. The first-order valence-electron chi connectivity index (χ1n) is 8.86. The molecule has 1 aliphatic rings. The maximum absolute atomic E-state index is 13.9. The first-order chi connectivity index (χ1) is 12.6. The number of hydrogen-bond donors (Lipinski definition) is 1. The van der Waals surface area contributed by atoms with Crippen LogP contribution >= 0.6 is 11.6 Å². The fourth-order valence-corrected chi connectivity index (χ4v) is 3.39. The average molecular weight is 380 g/mol. The van der Waals surface area contributed by atoms with Gasteiger partial charge in [-0.2, -0.15) is 0 Å². The summed E-state index contributed by atoms with van der Waals surface area (Å²) in [6.45, 7) is 3.57. The molecule has 8 heteroatoms. The van der Waals surface area contributed by atoms with E-state index in [9.17, 15) is 9.18 Å². The molecule has 2 aromatic rings. The SMILES string of the molecule is O=C(CCn1cnnc1)NCC1CCN(Cc2c(F)cccc2Cl)CC1. The minimum atomic E-state index is -0.250. The van der Waals surface area contributed by atoms with Crippen LogP contribution in [0.2, 0.25) is 5.02 Å². The Morgan fingerprint density at radius 1 is 1.27 bits per heavy atom. The number of carbonyl (C=O) groups excluding carboxylic acids is 1. The van der Waals surface area contributed by atoms with E-state index < -0.39 is 0 Å². The standard InChI is InChI=1S/C18H23ClFN5O/c19-16-2-1-3-17(20)15(16)11-24-7-4-14(5-8-24)10-21-18(26)6-9-25-12-22-23-13-25/h1-3,12-14H,4-11H2,(H,21,26). The largest absolute Gasteiger partial charge is 0.356 e. The highest BCUT2D eigenvalue weighted by atomic mass is 35.5. The fourth-order valence-electron chi connectivity index (χ4n) is 3.17. The average Bonchev–Trinajstić information content (AvgIpc) is 3.16. The van der Waals surface area contributed by atoms with Gasteiger partial charge in [0.05, 0.1) is 0 Å². The van der Waals surface area contributed by atoms with Crippen LogP contribution in [0.3, 0.4) is 0 Å². The molecule has 2 heterocycles. The van der Waals surface area contributed by atoms with Gasteiger partial charge < -0.3 is 9.88 Å². The molecule has 6 nitrogen and oxygen atoms in total. The molecule has 1 aliphatic heterocycles. The zero-order valence-corrected chi connectivity index (χ0v) is 15.3. The number of aryl methyl sites for hydroxylation is 1. The van der Waals surface area contributed by atoms with Crippen LogP contribution < -0.4 is 5.32 Å². The van der Waals surface area contributed by atoms with E-state index in [1.165, 1.54) is 6.07 Å². The molecule has 1 fully saturated rings. The lowest BCUT2D eigenvalue weighted by molar-refractivity contribution is -0.121. The predicted molar refractivity (Wildman–Crippen MR) is 97.1 cm³/mol. The van der Waals surface area contributed by atoms with Crippen LogP contribution in [0.25, 0.3) is 0 Å². The molecular formula is C18H23ClFN5O. The van der Waals surface area contributed by atoms with E-state index in [1.807, 2.05) is 0 Å². The number of hydrogen-bond acceptors (Lipinski definition) is 4. The second-order valence-corrected chi connectivity index (χ2v) is 7.08. The smallest absolute Gasteiger partial charge is 0.221 e. The van der Waals surface area contributed by atoms with Crippen LogP contribution in [0.1, 0.15) is 24.8 Å². The molecule has 0 atom stereocenters. The Hall–Kier alpha value is -1.99. The minimum absolute atomic E-state index is 0.0410. The number of benzene rings is 1. The quantitative estimate of drug-likeness (QED) is 0.802. The van der Waals surface area contributed by atoms with Crippen molar-refractivity contribution in [3.8, 4) is 0 Å². The lowest BCUT2D eigenvalue weighted by Crippen LogP contribution is -2.38. The number of rotatable bonds is 7. The summed E-state index contributed by atoms with van der Waals surface area (Å²) in [4.78, 5) is 14.1. The van der Waals surface area contributed by atoms with Gasteiger partial charge in [-0.3, -0.25) is 9.69 Å². The van der Waals surface area contributed by atoms with Crippen molar-refractivity contribution >= 4 is 17.5 Å². The van der Waals surface area contributed by atoms with Crippen molar-refractivity contribution in [3.05, 3.63) is 47.3 Å². The van der Waals surface area contributed by atoms with Crippen molar-refractivity contribution in [2.45, 2.75) is 32.4 Å². The van der Waals surface area contributed by atoms with Gasteiger partial charge in [0.2, 0.25) is 5.91 Å². The van der Waals surface area contributed by atoms with E-state index in [0.717, 1.165) is 25.9 Å². The molecule has 0 bridgehead atoms. The molecule has 1 saturated heterocycles. The number of halogens is 2. The van der Waals surface area contributed by atoms with E-state index in [1.54, 1.807) is 29.4 Å². The number of piperidine rings is 1. The van der Waals surface area contributed by atoms with Crippen molar-refractivity contribution in [3.63, 3.8) is 0 Å². The number of likely N-dealkylation sites (tertiary alicyclic amines) is 1. The topological polar surface area (TPSA) is 63.1 Å². The van der Waals surface area contributed by atoms with E-state index in [4.69, 9.17) is 11.6 Å². The zero-order valence-electron chi connectivity index (χ0n) is 14.6. The number of amides is 1.